The molecule has 0 spiro atoms. The van der Waals surface area contributed by atoms with Crippen LogP contribution in [0.5, 0.6) is 0 Å². The van der Waals surface area contributed by atoms with E-state index in [1.165, 1.54) is 23.2 Å². The second-order valence-corrected chi connectivity index (χ2v) is 7.19. The number of carbonyl (C=O) groups is 2. The number of benzene rings is 2. The van der Waals surface area contributed by atoms with Crippen molar-refractivity contribution in [2.24, 2.45) is 0 Å². The molecule has 9 heteroatoms. The zero-order valence-electron chi connectivity index (χ0n) is 15.3. The molecule has 1 N–H and O–H groups in total. The Bertz CT molecular complexity index is 1070. The fourth-order valence-electron chi connectivity index (χ4n) is 2.80. The van der Waals surface area contributed by atoms with E-state index >= 15 is 0 Å². The molecule has 30 heavy (non-hydrogen) atoms. The maximum Gasteiger partial charge on any atom is 0.354 e. The summed E-state index contributed by atoms with van der Waals surface area (Å²) in [6.07, 6.45) is 1.31. The normalized spacial score (nSPS) is 10.7. The predicted octanol–water partition coefficient (Wildman–Crippen LogP) is 5.21. The van der Waals surface area contributed by atoms with Crippen molar-refractivity contribution in [3.05, 3.63) is 98.8 Å². The molecule has 0 radical (unpaired) electrons. The van der Waals surface area contributed by atoms with Gasteiger partial charge in [0.2, 0.25) is 0 Å². The third-order valence-corrected chi connectivity index (χ3v) is 4.93. The van der Waals surface area contributed by atoms with E-state index in [0.29, 0.717) is 27.2 Å². The molecule has 0 unspecified atom stereocenters. The van der Waals surface area contributed by atoms with Crippen molar-refractivity contribution in [3.8, 4) is 0 Å². The molecule has 0 saturated carbocycles. The van der Waals surface area contributed by atoms with Gasteiger partial charge >= 0.3 is 5.97 Å². The molecule has 1 heterocycles. The number of amides is 1. The minimum Gasteiger partial charge on any atom is -0.477 e. The van der Waals surface area contributed by atoms with Crippen molar-refractivity contribution < 1.29 is 23.5 Å². The molecule has 154 valence electrons. The maximum atomic E-state index is 13.6. The van der Waals surface area contributed by atoms with E-state index in [1.807, 2.05) is 0 Å². The van der Waals surface area contributed by atoms with Crippen LogP contribution in [0.2, 0.25) is 10.0 Å². The van der Waals surface area contributed by atoms with Gasteiger partial charge in [0.1, 0.15) is 17.3 Å². The van der Waals surface area contributed by atoms with Crippen LogP contribution in [0.1, 0.15) is 32.0 Å². The summed E-state index contributed by atoms with van der Waals surface area (Å²) >= 11 is 12.4. The molecular weight excluding hydrogens is 437 g/mol. The Labute approximate surface area is 180 Å². The number of hydrogen-bond donors (Lipinski definition) is 1. The first kappa shape index (κ1) is 21.7. The summed E-state index contributed by atoms with van der Waals surface area (Å²) in [5.74, 6) is -3.62. The summed E-state index contributed by atoms with van der Waals surface area (Å²) in [7, 11) is 0. The van der Waals surface area contributed by atoms with Gasteiger partial charge in [0.05, 0.1) is 0 Å². The molecule has 0 aliphatic heterocycles. The number of carbonyl (C=O) groups excluding carboxylic acids is 1. The number of rotatable bonds is 6. The van der Waals surface area contributed by atoms with Gasteiger partial charge in [-0.05, 0) is 35.9 Å². The lowest BCUT2D eigenvalue weighted by Crippen LogP contribution is -2.30. The van der Waals surface area contributed by atoms with Gasteiger partial charge in [0.25, 0.3) is 5.91 Å². The Balaban J connectivity index is 1.97. The van der Waals surface area contributed by atoms with E-state index in [-0.39, 0.29) is 24.3 Å². The Morgan fingerprint density at radius 2 is 1.60 bits per heavy atom. The second kappa shape index (κ2) is 9.19. The van der Waals surface area contributed by atoms with Crippen molar-refractivity contribution in [1.82, 2.24) is 9.88 Å². The topological polar surface area (TPSA) is 70.5 Å². The smallest absolute Gasteiger partial charge is 0.354 e. The predicted molar refractivity (Wildman–Crippen MR) is 108 cm³/mol. The molecule has 1 amide bonds. The number of nitrogens with zero attached hydrogens (tertiary/aromatic N) is 2. The third-order valence-electron chi connectivity index (χ3n) is 4.22. The first-order valence-corrected chi connectivity index (χ1v) is 9.36. The van der Waals surface area contributed by atoms with Gasteiger partial charge in [-0.3, -0.25) is 4.79 Å². The minimum absolute atomic E-state index is 0.0224. The standard InChI is InChI=1S/C21H14Cl2F2N2O3/c22-17-2-1-3-18(23)16(17)11-27(10-12-4-5-19(21(29)30)26-9-12)20(28)13-6-14(24)8-15(25)7-13/h1-9H,10-11H2,(H,29,30). The largest absolute Gasteiger partial charge is 0.477 e. The molecule has 0 bridgehead atoms. The quantitative estimate of drug-likeness (QED) is 0.559. The number of carboxylic acids is 1. The zero-order valence-corrected chi connectivity index (χ0v) is 16.8. The number of aromatic carboxylic acids is 1. The van der Waals surface area contributed by atoms with Crippen LogP contribution >= 0.6 is 23.2 Å². The van der Waals surface area contributed by atoms with Crippen molar-refractivity contribution >= 4 is 35.1 Å². The minimum atomic E-state index is -1.19. The van der Waals surface area contributed by atoms with Crippen LogP contribution in [0.25, 0.3) is 0 Å². The highest BCUT2D eigenvalue weighted by Crippen LogP contribution is 2.27. The molecule has 2 aromatic carbocycles. The monoisotopic (exact) mass is 450 g/mol. The summed E-state index contributed by atoms with van der Waals surface area (Å²) in [5, 5.41) is 9.62. The van der Waals surface area contributed by atoms with Crippen LogP contribution < -0.4 is 0 Å². The zero-order chi connectivity index (χ0) is 21.8. The van der Waals surface area contributed by atoms with Crippen LogP contribution in [0.3, 0.4) is 0 Å². The van der Waals surface area contributed by atoms with Gasteiger partial charge in [0.15, 0.2) is 0 Å². The van der Waals surface area contributed by atoms with E-state index in [4.69, 9.17) is 28.3 Å². The first-order chi connectivity index (χ1) is 14.2. The SMILES string of the molecule is O=C(O)c1ccc(CN(Cc2c(Cl)cccc2Cl)C(=O)c2cc(F)cc(F)c2)cn1. The third kappa shape index (κ3) is 5.11. The fourth-order valence-corrected chi connectivity index (χ4v) is 3.32. The Morgan fingerprint density at radius 1 is 0.967 bits per heavy atom. The summed E-state index contributed by atoms with van der Waals surface area (Å²) in [6, 6.07) is 10.2. The number of carboxylic acid groups (broad SMARTS) is 1. The number of hydrogen-bond acceptors (Lipinski definition) is 3. The molecule has 0 fully saturated rings. The molecule has 1 aromatic heterocycles. The summed E-state index contributed by atoms with van der Waals surface area (Å²) < 4.78 is 27.3. The molecule has 0 aliphatic rings. The van der Waals surface area contributed by atoms with E-state index in [1.54, 1.807) is 18.2 Å². The molecule has 0 atom stereocenters. The van der Waals surface area contributed by atoms with Crippen LogP contribution in [0.15, 0.2) is 54.7 Å². The van der Waals surface area contributed by atoms with E-state index in [0.717, 1.165) is 12.1 Å². The highest BCUT2D eigenvalue weighted by molar-refractivity contribution is 6.36. The maximum absolute atomic E-state index is 13.6. The highest BCUT2D eigenvalue weighted by atomic mass is 35.5. The Hall–Kier alpha value is -3.03. The molecule has 0 saturated heterocycles. The summed E-state index contributed by atoms with van der Waals surface area (Å²) in [4.78, 5) is 29.1. The summed E-state index contributed by atoms with van der Waals surface area (Å²) in [6.45, 7) is -0.0679. The van der Waals surface area contributed by atoms with Crippen molar-refractivity contribution in [3.63, 3.8) is 0 Å². The van der Waals surface area contributed by atoms with E-state index in [9.17, 15) is 18.4 Å². The Morgan fingerprint density at radius 3 is 2.13 bits per heavy atom. The number of aromatic nitrogens is 1. The molecule has 3 rings (SSSR count). The average molecular weight is 451 g/mol. The van der Waals surface area contributed by atoms with Gasteiger partial charge < -0.3 is 10.0 Å². The molecule has 5 nitrogen and oxygen atoms in total. The molecule has 3 aromatic rings. The highest BCUT2D eigenvalue weighted by Gasteiger charge is 2.21. The molecular formula is C21H14Cl2F2N2O3. The van der Waals surface area contributed by atoms with Gasteiger partial charge in [-0.1, -0.05) is 35.3 Å². The number of halogens is 4. The van der Waals surface area contributed by atoms with Crippen LogP contribution in [-0.4, -0.2) is 26.9 Å². The van der Waals surface area contributed by atoms with E-state index < -0.39 is 23.5 Å². The lowest BCUT2D eigenvalue weighted by atomic mass is 10.1. The number of pyridine rings is 1. The Kier molecular flexibility index (Phi) is 6.64. The summed E-state index contributed by atoms with van der Waals surface area (Å²) in [5.41, 5.74) is 0.623. The van der Waals surface area contributed by atoms with Crippen LogP contribution in [0, 0.1) is 11.6 Å². The fraction of sp³-hybridized carbons (Fsp3) is 0.0952. The lowest BCUT2D eigenvalue weighted by Gasteiger charge is -2.24. The van der Waals surface area contributed by atoms with Gasteiger partial charge in [-0.25, -0.2) is 18.6 Å². The average Bonchev–Trinajstić information content (AvgIpc) is 2.69. The van der Waals surface area contributed by atoms with Gasteiger partial charge in [0, 0.05) is 46.5 Å². The van der Waals surface area contributed by atoms with Crippen LogP contribution in [-0.2, 0) is 13.1 Å². The lowest BCUT2D eigenvalue weighted by molar-refractivity contribution is 0.0687. The second-order valence-electron chi connectivity index (χ2n) is 6.38. The molecule has 0 aliphatic carbocycles. The van der Waals surface area contributed by atoms with Gasteiger partial charge in [-0.15, -0.1) is 0 Å². The van der Waals surface area contributed by atoms with Crippen molar-refractivity contribution in [2.45, 2.75) is 13.1 Å². The first-order valence-electron chi connectivity index (χ1n) is 8.61. The van der Waals surface area contributed by atoms with Crippen LogP contribution in [0.4, 0.5) is 8.78 Å². The van der Waals surface area contributed by atoms with E-state index in [2.05, 4.69) is 4.98 Å². The van der Waals surface area contributed by atoms with Gasteiger partial charge in [-0.2, -0.15) is 0 Å². The van der Waals surface area contributed by atoms with Crippen molar-refractivity contribution in [1.29, 1.82) is 0 Å². The van der Waals surface area contributed by atoms with Crippen molar-refractivity contribution in [2.75, 3.05) is 0 Å².